The van der Waals surface area contributed by atoms with E-state index in [0.717, 1.165) is 22.7 Å². The van der Waals surface area contributed by atoms with Gasteiger partial charge in [0.15, 0.2) is 0 Å². The van der Waals surface area contributed by atoms with Gasteiger partial charge in [-0.2, -0.15) is 0 Å². The molecule has 272 valence electrons. The maximum Gasteiger partial charge on any atom is 0.0619 e. The molecule has 0 atom stereocenters. The summed E-state index contributed by atoms with van der Waals surface area (Å²) in [6.45, 7) is 0. The highest BCUT2D eigenvalue weighted by atomic mass is 15.1. The number of anilines is 3. The van der Waals surface area contributed by atoms with Crippen LogP contribution < -0.4 is 4.90 Å². The summed E-state index contributed by atoms with van der Waals surface area (Å²) in [7, 11) is 0. The zero-order valence-electron chi connectivity index (χ0n) is 31.8. The van der Waals surface area contributed by atoms with Crippen LogP contribution in [0, 0.1) is 0 Å². The molecule has 1 aromatic heterocycles. The summed E-state index contributed by atoms with van der Waals surface area (Å²) in [5.74, 6) is 0. The summed E-state index contributed by atoms with van der Waals surface area (Å²) in [6, 6.07) is 83.6. The van der Waals surface area contributed by atoms with Gasteiger partial charge in [-0.1, -0.05) is 170 Å². The molecule has 0 saturated carbocycles. The molecule has 10 aromatic carbocycles. The van der Waals surface area contributed by atoms with E-state index in [9.17, 15) is 0 Å². The van der Waals surface area contributed by atoms with E-state index in [2.05, 4.69) is 240 Å². The molecule has 58 heavy (non-hydrogen) atoms. The Kier molecular flexibility index (Phi) is 8.19. The van der Waals surface area contributed by atoms with Crippen LogP contribution in [0.2, 0.25) is 0 Å². The molecule has 0 aliphatic heterocycles. The van der Waals surface area contributed by atoms with Gasteiger partial charge in [-0.15, -0.1) is 0 Å². The number of benzene rings is 10. The van der Waals surface area contributed by atoms with E-state index in [1.165, 1.54) is 76.7 Å². The minimum Gasteiger partial charge on any atom is -0.310 e. The first kappa shape index (κ1) is 33.6. The molecule has 0 unspecified atom stereocenters. The second-order valence-electron chi connectivity index (χ2n) is 15.0. The molecular weight excluding hydrogens is 701 g/mol. The fourth-order valence-electron chi connectivity index (χ4n) is 8.69. The van der Waals surface area contributed by atoms with Gasteiger partial charge in [0.1, 0.15) is 0 Å². The van der Waals surface area contributed by atoms with Crippen LogP contribution in [0.15, 0.2) is 231 Å². The van der Waals surface area contributed by atoms with Crippen molar-refractivity contribution in [2.45, 2.75) is 0 Å². The molecule has 2 heteroatoms. The maximum atomic E-state index is 2.43. The first-order chi connectivity index (χ1) is 28.7. The van der Waals surface area contributed by atoms with E-state index in [0.29, 0.717) is 0 Å². The average Bonchev–Trinajstić information content (AvgIpc) is 3.65. The van der Waals surface area contributed by atoms with Crippen molar-refractivity contribution in [1.29, 1.82) is 0 Å². The summed E-state index contributed by atoms with van der Waals surface area (Å²) in [5.41, 5.74) is 14.1. The molecule has 0 amide bonds. The van der Waals surface area contributed by atoms with Crippen LogP contribution in [0.3, 0.4) is 0 Å². The van der Waals surface area contributed by atoms with Crippen molar-refractivity contribution in [3.05, 3.63) is 231 Å². The molecule has 0 radical (unpaired) electrons. The lowest BCUT2D eigenvalue weighted by Crippen LogP contribution is -2.10. The standard InChI is InChI=1S/C56H38N2/c1-3-12-39(13-4-1)41-24-30-48(31-25-41)57(50-18-11-17-45(37-50)40-14-5-2-6-15-40)51-34-28-43-22-23-46(36-47(43)38-51)42-26-32-49(33-27-42)58-55-21-10-9-20-53(55)54-35-29-44-16-7-8-19-52(44)56(54)58/h1-38H. The number of para-hydroxylation sites is 1. The number of hydrogen-bond donors (Lipinski definition) is 0. The van der Waals surface area contributed by atoms with Crippen LogP contribution in [-0.2, 0) is 0 Å². The molecule has 0 N–H and O–H groups in total. The van der Waals surface area contributed by atoms with Gasteiger partial charge >= 0.3 is 0 Å². The Morgan fingerprint density at radius 3 is 1.60 bits per heavy atom. The normalized spacial score (nSPS) is 11.4. The first-order valence-corrected chi connectivity index (χ1v) is 19.9. The summed E-state index contributed by atoms with van der Waals surface area (Å²) in [6.07, 6.45) is 0. The zero-order valence-corrected chi connectivity index (χ0v) is 31.8. The van der Waals surface area contributed by atoms with Crippen LogP contribution >= 0.6 is 0 Å². The largest absolute Gasteiger partial charge is 0.310 e. The van der Waals surface area contributed by atoms with Crippen LogP contribution in [0.1, 0.15) is 0 Å². The van der Waals surface area contributed by atoms with E-state index >= 15 is 0 Å². The van der Waals surface area contributed by atoms with Gasteiger partial charge < -0.3 is 9.47 Å². The lowest BCUT2D eigenvalue weighted by Gasteiger charge is -2.26. The summed E-state index contributed by atoms with van der Waals surface area (Å²) in [5, 5.41) is 7.45. The van der Waals surface area contributed by atoms with Crippen molar-refractivity contribution in [2.24, 2.45) is 0 Å². The maximum absolute atomic E-state index is 2.43. The van der Waals surface area contributed by atoms with E-state index < -0.39 is 0 Å². The van der Waals surface area contributed by atoms with Gasteiger partial charge in [0.05, 0.1) is 11.0 Å². The fourth-order valence-corrected chi connectivity index (χ4v) is 8.69. The predicted octanol–water partition coefficient (Wildman–Crippen LogP) is 15.6. The smallest absolute Gasteiger partial charge is 0.0619 e. The molecule has 2 nitrogen and oxygen atoms in total. The molecule has 0 bridgehead atoms. The third kappa shape index (κ3) is 5.91. The molecule has 0 spiro atoms. The van der Waals surface area contributed by atoms with Gasteiger partial charge in [-0.25, -0.2) is 0 Å². The second kappa shape index (κ2) is 14.1. The van der Waals surface area contributed by atoms with Crippen molar-refractivity contribution < 1.29 is 0 Å². The van der Waals surface area contributed by atoms with Crippen LogP contribution in [-0.4, -0.2) is 4.57 Å². The summed E-state index contributed by atoms with van der Waals surface area (Å²) < 4.78 is 2.43. The van der Waals surface area contributed by atoms with Gasteiger partial charge in [-0.3, -0.25) is 0 Å². The Labute approximate surface area is 338 Å². The van der Waals surface area contributed by atoms with Crippen LogP contribution in [0.25, 0.3) is 82.4 Å². The van der Waals surface area contributed by atoms with Gasteiger partial charge in [0, 0.05) is 38.9 Å². The topological polar surface area (TPSA) is 8.17 Å². The number of hydrogen-bond acceptors (Lipinski definition) is 1. The third-order valence-corrected chi connectivity index (χ3v) is 11.5. The number of nitrogens with zero attached hydrogens (tertiary/aromatic N) is 2. The fraction of sp³-hybridized carbons (Fsp3) is 0. The Balaban J connectivity index is 0.994. The molecule has 0 saturated heterocycles. The molecule has 1 heterocycles. The number of aromatic nitrogens is 1. The molecular formula is C56H38N2. The summed E-state index contributed by atoms with van der Waals surface area (Å²) >= 11 is 0. The van der Waals surface area contributed by atoms with Crippen molar-refractivity contribution in [2.75, 3.05) is 4.90 Å². The van der Waals surface area contributed by atoms with Crippen LogP contribution in [0.5, 0.6) is 0 Å². The Bertz CT molecular complexity index is 3250. The van der Waals surface area contributed by atoms with Crippen molar-refractivity contribution in [3.8, 4) is 39.1 Å². The quantitative estimate of drug-likeness (QED) is 0.158. The van der Waals surface area contributed by atoms with Gasteiger partial charge in [-0.05, 0) is 110 Å². The Morgan fingerprint density at radius 1 is 0.276 bits per heavy atom. The number of fused-ring (bicyclic) bond motifs is 6. The van der Waals surface area contributed by atoms with Crippen molar-refractivity contribution in [3.63, 3.8) is 0 Å². The predicted molar refractivity (Wildman–Crippen MR) is 247 cm³/mol. The SMILES string of the molecule is c1ccc(-c2ccc(N(c3cccc(-c4ccccc4)c3)c3ccc4ccc(-c5ccc(-n6c7ccccc7c7ccc8ccccc8c76)cc5)cc4c3)cc2)cc1. The van der Waals surface area contributed by atoms with E-state index in [-0.39, 0.29) is 0 Å². The van der Waals surface area contributed by atoms with Gasteiger partial charge in [0.2, 0.25) is 0 Å². The lowest BCUT2D eigenvalue weighted by molar-refractivity contribution is 1.19. The van der Waals surface area contributed by atoms with Crippen LogP contribution in [0.4, 0.5) is 17.1 Å². The molecule has 0 fully saturated rings. The zero-order chi connectivity index (χ0) is 38.4. The first-order valence-electron chi connectivity index (χ1n) is 19.9. The second-order valence-corrected chi connectivity index (χ2v) is 15.0. The van der Waals surface area contributed by atoms with Crippen molar-refractivity contribution in [1.82, 2.24) is 4.57 Å². The molecule has 11 rings (SSSR count). The molecule has 0 aliphatic rings. The Morgan fingerprint density at radius 2 is 0.810 bits per heavy atom. The third-order valence-electron chi connectivity index (χ3n) is 11.5. The highest BCUT2D eigenvalue weighted by Gasteiger charge is 2.17. The van der Waals surface area contributed by atoms with Crippen molar-refractivity contribution >= 4 is 60.4 Å². The lowest BCUT2D eigenvalue weighted by atomic mass is 9.99. The highest BCUT2D eigenvalue weighted by molar-refractivity contribution is 6.18. The van der Waals surface area contributed by atoms with E-state index in [1.54, 1.807) is 0 Å². The van der Waals surface area contributed by atoms with E-state index in [4.69, 9.17) is 0 Å². The highest BCUT2D eigenvalue weighted by Crippen LogP contribution is 2.40. The summed E-state index contributed by atoms with van der Waals surface area (Å²) in [4.78, 5) is 2.37. The minimum absolute atomic E-state index is 1.11. The van der Waals surface area contributed by atoms with Gasteiger partial charge in [0.25, 0.3) is 0 Å². The molecule has 11 aromatic rings. The molecule has 0 aliphatic carbocycles. The Hall–Kier alpha value is -7.68. The average molecular weight is 739 g/mol. The monoisotopic (exact) mass is 738 g/mol. The minimum atomic E-state index is 1.11. The van der Waals surface area contributed by atoms with E-state index in [1.807, 2.05) is 0 Å². The number of rotatable bonds is 7.